The number of thioether (sulfide) groups is 1. The Balaban J connectivity index is 1.72. The van der Waals surface area contributed by atoms with Crippen molar-refractivity contribution in [3.05, 3.63) is 40.0 Å². The highest BCUT2D eigenvalue weighted by Gasteiger charge is 2.29. The fourth-order valence-electron chi connectivity index (χ4n) is 2.48. The summed E-state index contributed by atoms with van der Waals surface area (Å²) in [4.78, 5) is 15.4. The lowest BCUT2D eigenvalue weighted by atomic mass is 9.83. The van der Waals surface area contributed by atoms with Crippen LogP contribution in [0.4, 0.5) is 0 Å². The highest BCUT2D eigenvalue weighted by atomic mass is 35.5. The lowest BCUT2D eigenvalue weighted by Crippen LogP contribution is -2.26. The van der Waals surface area contributed by atoms with E-state index >= 15 is 0 Å². The van der Waals surface area contributed by atoms with E-state index in [-0.39, 0.29) is 17.8 Å². The third-order valence-corrected chi connectivity index (χ3v) is 5.00. The smallest absolute Gasteiger partial charge is 0.216 e. The van der Waals surface area contributed by atoms with Crippen molar-refractivity contribution in [3.63, 3.8) is 0 Å². The molecule has 1 aromatic heterocycles. The van der Waals surface area contributed by atoms with Gasteiger partial charge in [0.2, 0.25) is 5.91 Å². The second-order valence-corrected chi connectivity index (χ2v) is 6.86. The molecule has 3 N–H and O–H groups in total. The number of aliphatic imine (C=N–C) groups is 1. The monoisotopic (exact) mass is 381 g/mol. The number of rotatable bonds is 6. The fraction of sp³-hybridized carbons (Fsp3) is 0.333. The summed E-state index contributed by atoms with van der Waals surface area (Å²) in [7, 11) is 0. The molecule has 0 aliphatic heterocycles. The van der Waals surface area contributed by atoms with Gasteiger partial charge >= 0.3 is 0 Å². The van der Waals surface area contributed by atoms with Gasteiger partial charge in [-0.05, 0) is 27.5 Å². The lowest BCUT2D eigenvalue weighted by Gasteiger charge is -2.28. The van der Waals surface area contributed by atoms with E-state index in [0.717, 1.165) is 16.1 Å². The van der Waals surface area contributed by atoms with Crippen LogP contribution in [-0.2, 0) is 11.2 Å². The minimum absolute atomic E-state index is 0.0966. The van der Waals surface area contributed by atoms with Crippen LogP contribution in [0.5, 0.6) is 0 Å². The number of carbonyl (C=O) groups is 1. The van der Waals surface area contributed by atoms with Gasteiger partial charge < -0.3 is 5.32 Å². The summed E-state index contributed by atoms with van der Waals surface area (Å²) in [6.45, 7) is 1.94. The van der Waals surface area contributed by atoms with Gasteiger partial charge in [0, 0.05) is 30.7 Å². The van der Waals surface area contributed by atoms with Gasteiger partial charge in [0.15, 0.2) is 16.6 Å². The van der Waals surface area contributed by atoms with E-state index in [2.05, 4.69) is 26.1 Å². The zero-order valence-corrected chi connectivity index (χ0v) is 14.9. The van der Waals surface area contributed by atoms with Crippen LogP contribution in [0.15, 0.2) is 32.8 Å². The van der Waals surface area contributed by atoms with E-state index < -0.39 is 0 Å². The highest BCUT2D eigenvalue weighted by molar-refractivity contribution is 7.99. The van der Waals surface area contributed by atoms with Crippen molar-refractivity contribution in [1.82, 2.24) is 21.1 Å². The van der Waals surface area contributed by atoms with Gasteiger partial charge in [0.1, 0.15) is 0 Å². The summed E-state index contributed by atoms with van der Waals surface area (Å²) in [6.07, 6.45) is 0.691. The van der Waals surface area contributed by atoms with Gasteiger partial charge in [-0.15, -0.1) is 0 Å². The molecule has 1 aliphatic rings. The van der Waals surface area contributed by atoms with Gasteiger partial charge in [-0.3, -0.25) is 20.5 Å². The average molecular weight is 382 g/mol. The van der Waals surface area contributed by atoms with E-state index in [0.29, 0.717) is 29.4 Å². The van der Waals surface area contributed by atoms with E-state index in [9.17, 15) is 10.0 Å². The number of fused-ring (bicyclic) bond motifs is 1. The van der Waals surface area contributed by atoms with Gasteiger partial charge in [0.25, 0.3) is 0 Å². The Labute approximate surface area is 153 Å². The number of benzene rings is 1. The summed E-state index contributed by atoms with van der Waals surface area (Å²) >= 11 is 7.48. The molecule has 1 aliphatic carbocycles. The van der Waals surface area contributed by atoms with Crippen LogP contribution < -0.4 is 10.8 Å². The Bertz CT molecular complexity index is 810. The molecular weight excluding hydrogens is 366 g/mol. The first kappa shape index (κ1) is 17.7. The van der Waals surface area contributed by atoms with Crippen molar-refractivity contribution in [2.24, 2.45) is 4.99 Å². The maximum atomic E-state index is 10.9. The van der Waals surface area contributed by atoms with Crippen LogP contribution in [-0.4, -0.2) is 39.6 Å². The standard InChI is InChI=1S/C15H16ClN5O3S/c1-8(22)17-5-6-25-15-13(20-24-21-15)14(19-23)18-12-7-10-9(12)3-2-4-11(10)16/h2-4,12,23H,5-7H2,1H3,(H,17,22)(H,18,19). The minimum Gasteiger partial charge on any atom is -0.356 e. The molecule has 0 saturated carbocycles. The molecule has 0 saturated heterocycles. The summed E-state index contributed by atoms with van der Waals surface area (Å²) < 4.78 is 4.77. The van der Waals surface area contributed by atoms with Crippen molar-refractivity contribution in [3.8, 4) is 0 Å². The van der Waals surface area contributed by atoms with Crippen molar-refractivity contribution >= 4 is 35.1 Å². The molecule has 0 radical (unpaired) electrons. The van der Waals surface area contributed by atoms with Gasteiger partial charge in [-0.1, -0.05) is 35.5 Å². The molecule has 132 valence electrons. The number of amides is 1. The number of hydrogen-bond donors (Lipinski definition) is 3. The molecule has 3 rings (SSSR count). The summed E-state index contributed by atoms with van der Waals surface area (Å²) in [6, 6.07) is 5.56. The molecule has 25 heavy (non-hydrogen) atoms. The lowest BCUT2D eigenvalue weighted by molar-refractivity contribution is -0.118. The number of hydrogen-bond acceptors (Lipinski definition) is 7. The summed E-state index contributed by atoms with van der Waals surface area (Å²) in [5.74, 6) is 0.668. The maximum Gasteiger partial charge on any atom is 0.216 e. The number of halogens is 1. The van der Waals surface area contributed by atoms with Gasteiger partial charge in [-0.2, -0.15) is 0 Å². The number of amidine groups is 1. The Hall–Kier alpha value is -2.10. The van der Waals surface area contributed by atoms with Crippen LogP contribution in [0.1, 0.15) is 29.8 Å². The minimum atomic E-state index is -0.114. The Morgan fingerprint density at radius 2 is 2.36 bits per heavy atom. The third kappa shape index (κ3) is 3.94. The molecule has 0 spiro atoms. The van der Waals surface area contributed by atoms with E-state index in [1.807, 2.05) is 18.2 Å². The molecule has 0 fully saturated rings. The van der Waals surface area contributed by atoms with Crippen molar-refractivity contribution in [2.75, 3.05) is 12.3 Å². The second-order valence-electron chi connectivity index (χ2n) is 5.37. The van der Waals surface area contributed by atoms with Crippen LogP contribution >= 0.6 is 23.4 Å². The number of nitrogens with zero attached hydrogens (tertiary/aromatic N) is 3. The Kier molecular flexibility index (Phi) is 5.57. The van der Waals surface area contributed by atoms with E-state index in [1.54, 1.807) is 0 Å². The summed E-state index contributed by atoms with van der Waals surface area (Å²) in [5.41, 5.74) is 4.49. The Morgan fingerprint density at radius 3 is 3.12 bits per heavy atom. The molecule has 0 bridgehead atoms. The quantitative estimate of drug-likeness (QED) is 0.230. The molecule has 2 aromatic rings. The van der Waals surface area contributed by atoms with Crippen LogP contribution in [0, 0.1) is 0 Å². The number of aromatic nitrogens is 2. The zero-order valence-electron chi connectivity index (χ0n) is 13.3. The second kappa shape index (κ2) is 7.85. The van der Waals surface area contributed by atoms with Crippen LogP contribution in [0.25, 0.3) is 0 Å². The molecular formula is C15H16ClN5O3S. The van der Waals surface area contributed by atoms with Crippen LogP contribution in [0.3, 0.4) is 0 Å². The third-order valence-electron chi connectivity index (χ3n) is 3.70. The molecule has 1 atom stereocenters. The first-order chi connectivity index (χ1) is 12.1. The fourth-order valence-corrected chi connectivity index (χ4v) is 3.50. The molecule has 1 aromatic carbocycles. The predicted molar refractivity (Wildman–Crippen MR) is 93.1 cm³/mol. The highest BCUT2D eigenvalue weighted by Crippen LogP contribution is 2.40. The molecule has 1 unspecified atom stereocenters. The van der Waals surface area contributed by atoms with Gasteiger partial charge in [0.05, 0.1) is 6.04 Å². The van der Waals surface area contributed by atoms with Crippen molar-refractivity contribution in [2.45, 2.75) is 24.4 Å². The SMILES string of the molecule is CC(=O)NCCSc1nonc1C(=NC1Cc2c(Cl)cccc21)NO. The van der Waals surface area contributed by atoms with E-state index in [4.69, 9.17) is 16.2 Å². The molecule has 10 heteroatoms. The maximum absolute atomic E-state index is 10.9. The Morgan fingerprint density at radius 1 is 1.52 bits per heavy atom. The number of hydroxylamine groups is 1. The topological polar surface area (TPSA) is 113 Å². The summed E-state index contributed by atoms with van der Waals surface area (Å²) in [5, 5.41) is 21.0. The van der Waals surface area contributed by atoms with Crippen LogP contribution in [0.2, 0.25) is 5.02 Å². The van der Waals surface area contributed by atoms with E-state index in [1.165, 1.54) is 18.7 Å². The van der Waals surface area contributed by atoms with Crippen molar-refractivity contribution < 1.29 is 14.6 Å². The largest absolute Gasteiger partial charge is 0.356 e. The molecule has 8 nitrogen and oxygen atoms in total. The zero-order chi connectivity index (χ0) is 17.8. The number of nitrogens with one attached hydrogen (secondary N) is 2. The normalized spacial score (nSPS) is 16.1. The number of carbonyl (C=O) groups excluding carboxylic acids is 1. The first-order valence-electron chi connectivity index (χ1n) is 7.55. The first-order valence-corrected chi connectivity index (χ1v) is 8.92. The average Bonchev–Trinajstić information content (AvgIpc) is 3.02. The van der Waals surface area contributed by atoms with Crippen molar-refractivity contribution in [1.29, 1.82) is 0 Å². The predicted octanol–water partition coefficient (Wildman–Crippen LogP) is 1.97. The van der Waals surface area contributed by atoms with Gasteiger partial charge in [-0.25, -0.2) is 4.63 Å². The molecule has 1 heterocycles. The molecule has 1 amide bonds.